The molecule has 0 saturated carbocycles. The first kappa shape index (κ1) is 19.3. The molecule has 0 radical (unpaired) electrons. The molecule has 2 amide bonds. The van der Waals surface area contributed by atoms with Crippen molar-refractivity contribution >= 4 is 21.8 Å². The van der Waals surface area contributed by atoms with E-state index in [4.69, 9.17) is 0 Å². The van der Waals surface area contributed by atoms with E-state index in [1.807, 2.05) is 44.2 Å². The van der Waals surface area contributed by atoms with Crippen molar-refractivity contribution < 1.29 is 18.0 Å². The van der Waals surface area contributed by atoms with E-state index in [0.717, 1.165) is 5.56 Å². The number of allylic oxidation sites excluding steroid dienone is 2. The molecule has 6 nitrogen and oxygen atoms in total. The maximum atomic E-state index is 12.3. The van der Waals surface area contributed by atoms with Crippen LogP contribution >= 0.6 is 0 Å². The van der Waals surface area contributed by atoms with Crippen LogP contribution in [0.3, 0.4) is 0 Å². The first-order valence-corrected chi connectivity index (χ1v) is 9.91. The zero-order valence-electron chi connectivity index (χ0n) is 14.5. The second-order valence-electron chi connectivity index (χ2n) is 6.72. The first-order valence-electron chi connectivity index (χ1n) is 8.25. The number of rotatable bonds is 8. The molecule has 1 heterocycles. The van der Waals surface area contributed by atoms with E-state index < -0.39 is 15.6 Å². The van der Waals surface area contributed by atoms with Gasteiger partial charge in [-0.1, -0.05) is 42.5 Å². The molecule has 1 saturated heterocycles. The number of imide groups is 1. The fourth-order valence-corrected chi connectivity index (χ4v) is 4.20. The molecule has 0 bridgehead atoms. The van der Waals surface area contributed by atoms with Crippen LogP contribution in [0.4, 0.5) is 0 Å². The van der Waals surface area contributed by atoms with Crippen LogP contribution in [0.5, 0.6) is 0 Å². The van der Waals surface area contributed by atoms with E-state index >= 15 is 0 Å². The van der Waals surface area contributed by atoms with E-state index in [1.165, 1.54) is 0 Å². The molecule has 2 N–H and O–H groups in total. The summed E-state index contributed by atoms with van der Waals surface area (Å²) in [5.74, 6) is -0.877. The van der Waals surface area contributed by atoms with Crippen LogP contribution in [0.25, 0.3) is 0 Å². The zero-order valence-corrected chi connectivity index (χ0v) is 15.3. The number of amides is 2. The largest absolute Gasteiger partial charge is 0.296 e. The van der Waals surface area contributed by atoms with Crippen LogP contribution in [0.15, 0.2) is 42.5 Å². The van der Waals surface area contributed by atoms with Gasteiger partial charge in [0, 0.05) is 6.42 Å². The summed E-state index contributed by atoms with van der Waals surface area (Å²) in [6.45, 7) is 3.65. The van der Waals surface area contributed by atoms with Crippen molar-refractivity contribution in [3.8, 4) is 0 Å². The lowest BCUT2D eigenvalue weighted by Gasteiger charge is -2.26. The average molecular weight is 364 g/mol. The molecular formula is C18H24N2O4S. The third-order valence-electron chi connectivity index (χ3n) is 4.11. The molecule has 136 valence electrons. The summed E-state index contributed by atoms with van der Waals surface area (Å²) in [6.07, 6.45) is 4.50. The summed E-state index contributed by atoms with van der Waals surface area (Å²) in [5.41, 5.74) is 0.206. The number of carbonyl (C=O) groups is 2. The molecule has 1 atom stereocenters. The molecule has 1 unspecified atom stereocenters. The standard InChI is InChI=1S/C18H24N2O4S/c1-18(2,15-10-6-3-7-11-15)20-25(23,24)12-8-4-5-9-14-13-16(21)19-17(14)22/h3-7,10-11,14,20H,8-9,12-13H2,1-2H3,(H,19,21,22)/b5-4-. The second-order valence-corrected chi connectivity index (χ2v) is 8.56. The van der Waals surface area contributed by atoms with Gasteiger partial charge in [-0.15, -0.1) is 0 Å². The second kappa shape index (κ2) is 7.93. The zero-order chi connectivity index (χ0) is 18.5. The highest BCUT2D eigenvalue weighted by Crippen LogP contribution is 2.21. The highest BCUT2D eigenvalue weighted by molar-refractivity contribution is 7.89. The van der Waals surface area contributed by atoms with Crippen molar-refractivity contribution in [2.45, 2.75) is 38.6 Å². The Labute approximate surface area is 148 Å². The lowest BCUT2D eigenvalue weighted by atomic mass is 9.96. The monoisotopic (exact) mass is 364 g/mol. The maximum absolute atomic E-state index is 12.3. The van der Waals surface area contributed by atoms with Crippen molar-refractivity contribution in [1.82, 2.24) is 10.0 Å². The van der Waals surface area contributed by atoms with Gasteiger partial charge < -0.3 is 0 Å². The Bertz CT molecular complexity index is 755. The highest BCUT2D eigenvalue weighted by Gasteiger charge is 2.29. The van der Waals surface area contributed by atoms with Gasteiger partial charge in [0.15, 0.2) is 0 Å². The Morgan fingerprint density at radius 3 is 2.48 bits per heavy atom. The Balaban J connectivity index is 1.82. The smallest absolute Gasteiger partial charge is 0.230 e. The SMILES string of the molecule is CC(C)(NS(=O)(=O)CC/C=C\CC1CC(=O)NC1=O)c1ccccc1. The number of carbonyl (C=O) groups excluding carboxylic acids is 2. The molecule has 0 aromatic heterocycles. The van der Waals surface area contributed by atoms with Gasteiger partial charge in [0.2, 0.25) is 21.8 Å². The molecule has 1 aromatic rings. The summed E-state index contributed by atoms with van der Waals surface area (Å²) in [6, 6.07) is 9.40. The molecule has 1 aliphatic rings. The Morgan fingerprint density at radius 1 is 1.20 bits per heavy atom. The Kier molecular flexibility index (Phi) is 6.13. The lowest BCUT2D eigenvalue weighted by molar-refractivity contribution is -0.125. The molecule has 7 heteroatoms. The minimum atomic E-state index is -3.44. The lowest BCUT2D eigenvalue weighted by Crippen LogP contribution is -2.42. The molecule has 0 aliphatic carbocycles. The van der Waals surface area contributed by atoms with Crippen molar-refractivity contribution in [1.29, 1.82) is 0 Å². The van der Waals surface area contributed by atoms with Gasteiger partial charge in [0.05, 0.1) is 17.2 Å². The molecule has 2 rings (SSSR count). The van der Waals surface area contributed by atoms with E-state index in [9.17, 15) is 18.0 Å². The van der Waals surface area contributed by atoms with Gasteiger partial charge in [-0.2, -0.15) is 0 Å². The summed E-state index contributed by atoms with van der Waals surface area (Å²) < 4.78 is 27.3. The molecule has 1 aliphatic heterocycles. The fraction of sp³-hybridized carbons (Fsp3) is 0.444. The summed E-state index contributed by atoms with van der Waals surface area (Å²) >= 11 is 0. The van der Waals surface area contributed by atoms with Gasteiger partial charge >= 0.3 is 0 Å². The van der Waals surface area contributed by atoms with Gasteiger partial charge in [-0.05, 0) is 32.3 Å². The number of benzene rings is 1. The molecule has 25 heavy (non-hydrogen) atoms. The molecule has 1 fully saturated rings. The minimum absolute atomic E-state index is 0.0322. The Morgan fingerprint density at radius 2 is 1.88 bits per heavy atom. The maximum Gasteiger partial charge on any atom is 0.230 e. The summed E-state index contributed by atoms with van der Waals surface area (Å²) in [5, 5.41) is 2.26. The summed E-state index contributed by atoms with van der Waals surface area (Å²) in [7, 11) is -3.44. The van der Waals surface area contributed by atoms with E-state index in [-0.39, 0.29) is 29.9 Å². The number of hydrogen-bond acceptors (Lipinski definition) is 4. The van der Waals surface area contributed by atoms with E-state index in [2.05, 4.69) is 10.0 Å². The van der Waals surface area contributed by atoms with Crippen molar-refractivity contribution in [2.24, 2.45) is 5.92 Å². The number of nitrogens with one attached hydrogen (secondary N) is 2. The fourth-order valence-electron chi connectivity index (χ4n) is 2.75. The quantitative estimate of drug-likeness (QED) is 0.544. The average Bonchev–Trinajstić information content (AvgIpc) is 2.84. The van der Waals surface area contributed by atoms with Crippen molar-refractivity contribution in [3.05, 3.63) is 48.0 Å². The Hall–Kier alpha value is -1.99. The van der Waals surface area contributed by atoms with E-state index in [1.54, 1.807) is 12.2 Å². The normalized spacial score (nSPS) is 18.7. The van der Waals surface area contributed by atoms with Crippen molar-refractivity contribution in [3.63, 3.8) is 0 Å². The minimum Gasteiger partial charge on any atom is -0.296 e. The molecular weight excluding hydrogens is 340 g/mol. The number of hydrogen-bond donors (Lipinski definition) is 2. The van der Waals surface area contributed by atoms with Gasteiger partial charge in [-0.3, -0.25) is 14.9 Å². The topological polar surface area (TPSA) is 92.3 Å². The van der Waals surface area contributed by atoms with Gasteiger partial charge in [-0.25, -0.2) is 13.1 Å². The molecule has 1 aromatic carbocycles. The van der Waals surface area contributed by atoms with Crippen LogP contribution in [0.1, 0.15) is 38.7 Å². The van der Waals surface area contributed by atoms with E-state index in [0.29, 0.717) is 12.8 Å². The third kappa shape index (κ3) is 5.79. The summed E-state index contributed by atoms with van der Waals surface area (Å²) in [4.78, 5) is 22.5. The predicted octanol–water partition coefficient (Wildman–Crippen LogP) is 1.84. The van der Waals surface area contributed by atoms with Crippen LogP contribution in [-0.2, 0) is 25.2 Å². The number of sulfonamides is 1. The molecule has 0 spiro atoms. The van der Waals surface area contributed by atoms with Crippen LogP contribution in [-0.4, -0.2) is 26.0 Å². The van der Waals surface area contributed by atoms with Gasteiger partial charge in [0.25, 0.3) is 0 Å². The van der Waals surface area contributed by atoms with Crippen LogP contribution in [0.2, 0.25) is 0 Å². The highest BCUT2D eigenvalue weighted by atomic mass is 32.2. The first-order chi connectivity index (χ1) is 11.7. The predicted molar refractivity (Wildman–Crippen MR) is 96.0 cm³/mol. The van der Waals surface area contributed by atoms with Crippen LogP contribution < -0.4 is 10.0 Å². The van der Waals surface area contributed by atoms with Gasteiger partial charge in [0.1, 0.15) is 0 Å². The van der Waals surface area contributed by atoms with Crippen LogP contribution in [0, 0.1) is 5.92 Å². The third-order valence-corrected chi connectivity index (χ3v) is 5.71. The van der Waals surface area contributed by atoms with Crippen molar-refractivity contribution in [2.75, 3.05) is 5.75 Å².